The number of nitrogens with two attached hydrogens (primary N) is 1. The van der Waals surface area contributed by atoms with Crippen LogP contribution < -0.4 is 20.7 Å². The summed E-state index contributed by atoms with van der Waals surface area (Å²) in [6.07, 6.45) is 1.90. The molecule has 138 valence electrons. The smallest absolute Gasteiger partial charge is 0.253 e. The molecule has 3 rings (SSSR count). The fraction of sp³-hybridized carbons (Fsp3) is 0.562. The standard InChI is InChI=1S/C16H24N4O4S/c17-25(22,23)13-3-4-15(20-6-8-24-9-7-20)14(10-13)16(21)19-12-2-1-5-18-11-12/h3-4,10,12,18H,1-2,5-9,11H2,(H,19,21)(H2,17,22,23)/t12-/m0/s1. The number of primary sulfonamides is 1. The number of morpholine rings is 1. The Balaban J connectivity index is 1.90. The third-order valence-corrected chi connectivity index (χ3v) is 5.44. The summed E-state index contributed by atoms with van der Waals surface area (Å²) in [5.74, 6) is -0.277. The third kappa shape index (κ3) is 4.49. The number of nitrogens with one attached hydrogen (secondary N) is 2. The number of nitrogens with zero attached hydrogens (tertiary/aromatic N) is 1. The third-order valence-electron chi connectivity index (χ3n) is 4.53. The second-order valence-electron chi connectivity index (χ2n) is 6.34. The Morgan fingerprint density at radius 1 is 1.32 bits per heavy atom. The average Bonchev–Trinajstić information content (AvgIpc) is 2.62. The lowest BCUT2D eigenvalue weighted by molar-refractivity contribution is 0.0929. The first-order chi connectivity index (χ1) is 11.9. The van der Waals surface area contributed by atoms with Crippen molar-refractivity contribution in [2.24, 2.45) is 5.14 Å². The summed E-state index contributed by atoms with van der Waals surface area (Å²) in [5, 5.41) is 11.5. The van der Waals surface area contributed by atoms with Crippen LogP contribution in [0.15, 0.2) is 23.1 Å². The highest BCUT2D eigenvalue weighted by Gasteiger charge is 2.24. The van der Waals surface area contributed by atoms with Crippen LogP contribution >= 0.6 is 0 Å². The summed E-state index contributed by atoms with van der Waals surface area (Å²) in [6.45, 7) is 4.12. The van der Waals surface area contributed by atoms with E-state index < -0.39 is 10.0 Å². The van der Waals surface area contributed by atoms with Crippen LogP contribution in [0, 0.1) is 0 Å². The van der Waals surface area contributed by atoms with E-state index in [9.17, 15) is 13.2 Å². The zero-order chi connectivity index (χ0) is 17.9. The number of hydrogen-bond donors (Lipinski definition) is 3. The van der Waals surface area contributed by atoms with E-state index in [4.69, 9.17) is 9.88 Å². The van der Waals surface area contributed by atoms with Crippen molar-refractivity contribution in [3.05, 3.63) is 23.8 Å². The maximum absolute atomic E-state index is 12.8. The van der Waals surface area contributed by atoms with Crippen molar-refractivity contribution < 1.29 is 17.9 Å². The Kier molecular flexibility index (Phi) is 5.57. The minimum atomic E-state index is -3.87. The number of sulfonamides is 1. The molecular formula is C16H24N4O4S. The van der Waals surface area contributed by atoms with Crippen molar-refractivity contribution in [2.75, 3.05) is 44.3 Å². The molecule has 0 unspecified atom stereocenters. The van der Waals surface area contributed by atoms with E-state index >= 15 is 0 Å². The van der Waals surface area contributed by atoms with Crippen molar-refractivity contribution in [2.45, 2.75) is 23.8 Å². The van der Waals surface area contributed by atoms with Gasteiger partial charge in [0.2, 0.25) is 10.0 Å². The predicted octanol–water partition coefficient (Wildman–Crippen LogP) is -0.348. The van der Waals surface area contributed by atoms with Gasteiger partial charge in [-0.3, -0.25) is 4.79 Å². The highest BCUT2D eigenvalue weighted by molar-refractivity contribution is 7.89. The highest BCUT2D eigenvalue weighted by atomic mass is 32.2. The Labute approximate surface area is 147 Å². The molecule has 1 aromatic rings. The fourth-order valence-electron chi connectivity index (χ4n) is 3.19. The first kappa shape index (κ1) is 18.1. The second-order valence-corrected chi connectivity index (χ2v) is 7.90. The average molecular weight is 368 g/mol. The number of amides is 1. The molecule has 8 nitrogen and oxygen atoms in total. The maximum atomic E-state index is 12.8. The number of carbonyl (C=O) groups excluding carboxylic acids is 1. The summed E-state index contributed by atoms with van der Waals surface area (Å²) in [4.78, 5) is 14.8. The molecule has 0 bridgehead atoms. The molecule has 1 atom stereocenters. The zero-order valence-corrected chi connectivity index (χ0v) is 14.8. The molecule has 4 N–H and O–H groups in total. The van der Waals surface area contributed by atoms with Crippen molar-refractivity contribution in [1.82, 2.24) is 10.6 Å². The number of ether oxygens (including phenoxy) is 1. The maximum Gasteiger partial charge on any atom is 0.253 e. The van der Waals surface area contributed by atoms with Crippen molar-refractivity contribution in [3.63, 3.8) is 0 Å². The van der Waals surface area contributed by atoms with E-state index in [0.717, 1.165) is 19.4 Å². The molecule has 2 saturated heterocycles. The lowest BCUT2D eigenvalue weighted by Gasteiger charge is -2.31. The number of benzene rings is 1. The number of carbonyl (C=O) groups is 1. The molecule has 0 spiro atoms. The van der Waals surface area contributed by atoms with Gasteiger partial charge in [-0.1, -0.05) is 0 Å². The molecule has 0 aliphatic carbocycles. The highest BCUT2D eigenvalue weighted by Crippen LogP contribution is 2.25. The molecule has 9 heteroatoms. The summed E-state index contributed by atoms with van der Waals surface area (Å²) >= 11 is 0. The van der Waals surface area contributed by atoms with E-state index in [1.54, 1.807) is 6.07 Å². The van der Waals surface area contributed by atoms with Gasteiger partial charge in [0.1, 0.15) is 0 Å². The number of piperidine rings is 1. The van der Waals surface area contributed by atoms with Crippen LogP contribution in [0.2, 0.25) is 0 Å². The SMILES string of the molecule is NS(=O)(=O)c1ccc(N2CCOCC2)c(C(=O)N[C@H]2CCCNC2)c1. The first-order valence-electron chi connectivity index (χ1n) is 8.46. The van der Waals surface area contributed by atoms with Crippen molar-refractivity contribution in [3.8, 4) is 0 Å². The molecule has 2 fully saturated rings. The molecule has 2 aliphatic heterocycles. The molecule has 0 radical (unpaired) electrons. The quantitative estimate of drug-likeness (QED) is 0.670. The minimum Gasteiger partial charge on any atom is -0.378 e. The number of hydrogen-bond acceptors (Lipinski definition) is 6. The predicted molar refractivity (Wildman–Crippen MR) is 94.2 cm³/mol. The van der Waals surface area contributed by atoms with Gasteiger partial charge in [-0.15, -0.1) is 0 Å². The molecule has 0 saturated carbocycles. The van der Waals surface area contributed by atoms with Gasteiger partial charge in [0.25, 0.3) is 5.91 Å². The van der Waals surface area contributed by atoms with Crippen LogP contribution in [0.25, 0.3) is 0 Å². The molecular weight excluding hydrogens is 344 g/mol. The Morgan fingerprint density at radius 3 is 2.72 bits per heavy atom. The van der Waals surface area contributed by atoms with Gasteiger partial charge in [0, 0.05) is 31.4 Å². The van der Waals surface area contributed by atoms with Crippen LogP contribution in [0.3, 0.4) is 0 Å². The van der Waals surface area contributed by atoms with Crippen LogP contribution in [0.1, 0.15) is 23.2 Å². The summed E-state index contributed by atoms with van der Waals surface area (Å²) in [7, 11) is -3.87. The van der Waals surface area contributed by atoms with Gasteiger partial charge < -0.3 is 20.3 Å². The van der Waals surface area contributed by atoms with Gasteiger partial charge in [-0.2, -0.15) is 0 Å². The topological polar surface area (TPSA) is 114 Å². The van der Waals surface area contributed by atoms with E-state index in [2.05, 4.69) is 10.6 Å². The van der Waals surface area contributed by atoms with E-state index in [-0.39, 0.29) is 16.8 Å². The van der Waals surface area contributed by atoms with Crippen LogP contribution in [-0.4, -0.2) is 59.8 Å². The summed E-state index contributed by atoms with van der Waals surface area (Å²) in [6, 6.07) is 4.50. The first-order valence-corrected chi connectivity index (χ1v) is 10.0. The Hall–Kier alpha value is -1.68. The van der Waals surface area contributed by atoms with Gasteiger partial charge >= 0.3 is 0 Å². The molecule has 2 heterocycles. The van der Waals surface area contributed by atoms with Gasteiger partial charge in [-0.05, 0) is 37.6 Å². The monoisotopic (exact) mass is 368 g/mol. The molecule has 1 aromatic carbocycles. The normalized spacial score (nSPS) is 21.8. The summed E-state index contributed by atoms with van der Waals surface area (Å²) < 4.78 is 28.7. The van der Waals surface area contributed by atoms with Crippen molar-refractivity contribution in [1.29, 1.82) is 0 Å². The van der Waals surface area contributed by atoms with Gasteiger partial charge in [-0.25, -0.2) is 13.6 Å². The Morgan fingerprint density at radius 2 is 2.08 bits per heavy atom. The zero-order valence-electron chi connectivity index (χ0n) is 14.0. The lowest BCUT2D eigenvalue weighted by Crippen LogP contribution is -2.46. The Bertz CT molecular complexity index is 726. The fourth-order valence-corrected chi connectivity index (χ4v) is 3.73. The number of rotatable bonds is 4. The van der Waals surface area contributed by atoms with E-state index in [0.29, 0.717) is 44.1 Å². The molecule has 25 heavy (non-hydrogen) atoms. The van der Waals surface area contributed by atoms with Gasteiger partial charge in [0.05, 0.1) is 23.7 Å². The minimum absolute atomic E-state index is 0.0388. The largest absolute Gasteiger partial charge is 0.378 e. The second kappa shape index (κ2) is 7.69. The van der Waals surface area contributed by atoms with Gasteiger partial charge in [0.15, 0.2) is 0 Å². The molecule has 0 aromatic heterocycles. The number of anilines is 1. The van der Waals surface area contributed by atoms with E-state index in [1.165, 1.54) is 12.1 Å². The van der Waals surface area contributed by atoms with Crippen molar-refractivity contribution >= 4 is 21.6 Å². The molecule has 2 aliphatic rings. The van der Waals surface area contributed by atoms with Crippen LogP contribution in [0.4, 0.5) is 5.69 Å². The van der Waals surface area contributed by atoms with Crippen LogP contribution in [-0.2, 0) is 14.8 Å². The summed E-state index contributed by atoms with van der Waals surface area (Å²) in [5.41, 5.74) is 1.04. The van der Waals surface area contributed by atoms with E-state index in [1.807, 2.05) is 4.90 Å². The lowest BCUT2D eigenvalue weighted by atomic mass is 10.1. The molecule has 1 amide bonds. The van der Waals surface area contributed by atoms with Crippen LogP contribution in [0.5, 0.6) is 0 Å².